The number of fused-ring (bicyclic) bond motifs is 1. The summed E-state index contributed by atoms with van der Waals surface area (Å²) in [5, 5.41) is 5.68. The fraction of sp³-hybridized carbons (Fsp3) is 0.500. The van der Waals surface area contributed by atoms with E-state index in [-0.39, 0.29) is 36.3 Å². The van der Waals surface area contributed by atoms with Crippen molar-refractivity contribution in [1.29, 1.82) is 0 Å². The lowest BCUT2D eigenvalue weighted by atomic mass is 9.91. The van der Waals surface area contributed by atoms with Crippen LogP contribution >= 0.6 is 12.4 Å². The van der Waals surface area contributed by atoms with E-state index in [0.717, 1.165) is 31.3 Å². The average molecular weight is 365 g/mol. The minimum atomic E-state index is -0.139. The molecule has 1 saturated heterocycles. The second-order valence-electron chi connectivity index (χ2n) is 6.68. The number of hydrogen-bond donors (Lipinski definition) is 1. The molecule has 25 heavy (non-hydrogen) atoms. The lowest BCUT2D eigenvalue weighted by Crippen LogP contribution is -2.43. The maximum atomic E-state index is 12.7. The molecule has 2 aromatic rings. The molecule has 3 rings (SSSR count). The van der Waals surface area contributed by atoms with Gasteiger partial charge in [0.1, 0.15) is 0 Å². The van der Waals surface area contributed by atoms with Crippen molar-refractivity contribution in [3.05, 3.63) is 40.3 Å². The van der Waals surface area contributed by atoms with Gasteiger partial charge in [-0.3, -0.25) is 9.59 Å². The summed E-state index contributed by atoms with van der Waals surface area (Å²) in [5.41, 5.74) is 6.48. The predicted molar refractivity (Wildman–Crippen MR) is 101 cm³/mol. The van der Waals surface area contributed by atoms with Crippen molar-refractivity contribution in [1.82, 2.24) is 14.7 Å². The molecule has 1 aromatic heterocycles. The predicted octanol–water partition coefficient (Wildman–Crippen LogP) is 1.48. The molecular weight excluding hydrogens is 340 g/mol. The van der Waals surface area contributed by atoms with E-state index in [0.29, 0.717) is 17.0 Å². The van der Waals surface area contributed by atoms with Crippen LogP contribution in [-0.4, -0.2) is 39.7 Å². The molecule has 0 aliphatic carbocycles. The quantitative estimate of drug-likeness (QED) is 0.894. The van der Waals surface area contributed by atoms with Crippen molar-refractivity contribution >= 4 is 29.1 Å². The number of aryl methyl sites for hydroxylation is 1. The lowest BCUT2D eigenvalue weighted by Gasteiger charge is -2.33. The molecular formula is C18H25ClN4O2. The number of piperidine rings is 1. The van der Waals surface area contributed by atoms with E-state index in [2.05, 4.69) is 5.10 Å². The van der Waals surface area contributed by atoms with Gasteiger partial charge in [-0.1, -0.05) is 18.2 Å². The Morgan fingerprint density at radius 3 is 2.48 bits per heavy atom. The van der Waals surface area contributed by atoms with Crippen molar-refractivity contribution in [2.45, 2.75) is 32.2 Å². The molecule has 0 radical (unpaired) electrons. The highest BCUT2D eigenvalue weighted by molar-refractivity contribution is 5.88. The van der Waals surface area contributed by atoms with Crippen molar-refractivity contribution in [2.24, 2.45) is 18.7 Å². The van der Waals surface area contributed by atoms with Crippen LogP contribution in [0.4, 0.5) is 0 Å². The third-order valence-electron chi connectivity index (χ3n) is 4.99. The van der Waals surface area contributed by atoms with E-state index >= 15 is 0 Å². The van der Waals surface area contributed by atoms with E-state index in [1.807, 2.05) is 30.0 Å². The molecule has 6 nitrogen and oxygen atoms in total. The van der Waals surface area contributed by atoms with E-state index in [9.17, 15) is 9.59 Å². The van der Waals surface area contributed by atoms with Crippen LogP contribution in [0, 0.1) is 5.92 Å². The van der Waals surface area contributed by atoms with Crippen LogP contribution in [-0.2, 0) is 18.3 Å². The van der Waals surface area contributed by atoms with E-state index in [1.165, 1.54) is 4.68 Å². The second-order valence-corrected chi connectivity index (χ2v) is 6.68. The Bertz CT molecular complexity index is 810. The normalized spacial score (nSPS) is 16.5. The maximum absolute atomic E-state index is 12.7. The molecule has 0 spiro atoms. The number of amides is 1. The number of hydrogen-bond acceptors (Lipinski definition) is 4. The average Bonchev–Trinajstić information content (AvgIpc) is 2.59. The highest BCUT2D eigenvalue weighted by atomic mass is 35.5. The Kier molecular flexibility index (Phi) is 6.19. The van der Waals surface area contributed by atoms with Gasteiger partial charge in [-0.2, -0.15) is 5.10 Å². The number of likely N-dealkylation sites (tertiary alicyclic amines) is 1. The number of rotatable bonds is 3. The van der Waals surface area contributed by atoms with Crippen LogP contribution in [0.25, 0.3) is 10.8 Å². The fourth-order valence-corrected chi connectivity index (χ4v) is 3.44. The van der Waals surface area contributed by atoms with Crippen molar-refractivity contribution in [3.8, 4) is 0 Å². The molecule has 136 valence electrons. The van der Waals surface area contributed by atoms with Gasteiger partial charge in [-0.25, -0.2) is 4.68 Å². The van der Waals surface area contributed by atoms with Gasteiger partial charge in [0.05, 0.1) is 17.5 Å². The molecule has 0 bridgehead atoms. The largest absolute Gasteiger partial charge is 0.342 e. The summed E-state index contributed by atoms with van der Waals surface area (Å²) in [5.74, 6) is 0.556. The first kappa shape index (κ1) is 19.4. The minimum Gasteiger partial charge on any atom is -0.342 e. The summed E-state index contributed by atoms with van der Waals surface area (Å²) in [6, 6.07) is 7.51. The Morgan fingerprint density at radius 2 is 1.88 bits per heavy atom. The Hall–Kier alpha value is -1.92. The van der Waals surface area contributed by atoms with Gasteiger partial charge >= 0.3 is 0 Å². The first-order valence-corrected chi connectivity index (χ1v) is 8.45. The highest BCUT2D eigenvalue weighted by Crippen LogP contribution is 2.21. The molecule has 1 unspecified atom stereocenters. The molecule has 1 amide bonds. The molecule has 2 heterocycles. The lowest BCUT2D eigenvalue weighted by molar-refractivity contribution is -0.132. The molecule has 1 aliphatic rings. The first-order chi connectivity index (χ1) is 11.5. The van der Waals surface area contributed by atoms with Gasteiger partial charge in [-0.05, 0) is 31.7 Å². The summed E-state index contributed by atoms with van der Waals surface area (Å²) >= 11 is 0. The van der Waals surface area contributed by atoms with Crippen LogP contribution < -0.4 is 11.3 Å². The fourth-order valence-electron chi connectivity index (χ4n) is 3.44. The zero-order valence-electron chi connectivity index (χ0n) is 14.6. The monoisotopic (exact) mass is 364 g/mol. The van der Waals surface area contributed by atoms with Gasteiger partial charge in [0.25, 0.3) is 5.56 Å². The van der Waals surface area contributed by atoms with Crippen LogP contribution in [0.1, 0.15) is 25.5 Å². The van der Waals surface area contributed by atoms with Gasteiger partial charge in [0.2, 0.25) is 5.91 Å². The third kappa shape index (κ3) is 4.02. The second kappa shape index (κ2) is 7.97. The number of nitrogens with two attached hydrogens (primary N) is 1. The van der Waals surface area contributed by atoms with Crippen LogP contribution in [0.15, 0.2) is 29.1 Å². The zero-order valence-corrected chi connectivity index (χ0v) is 15.5. The summed E-state index contributed by atoms with van der Waals surface area (Å²) in [6.07, 6.45) is 2.12. The number of halogens is 1. The van der Waals surface area contributed by atoms with E-state index in [4.69, 9.17) is 5.73 Å². The smallest absolute Gasteiger partial charge is 0.274 e. The third-order valence-corrected chi connectivity index (χ3v) is 4.99. The van der Waals surface area contributed by atoms with Crippen LogP contribution in [0.2, 0.25) is 0 Å². The molecule has 1 fully saturated rings. The molecule has 0 saturated carbocycles. The van der Waals surface area contributed by atoms with Crippen molar-refractivity contribution in [3.63, 3.8) is 0 Å². The Balaban J connectivity index is 0.00000225. The summed E-state index contributed by atoms with van der Waals surface area (Å²) in [7, 11) is 1.62. The number of benzene rings is 1. The van der Waals surface area contributed by atoms with Crippen molar-refractivity contribution < 1.29 is 4.79 Å². The Labute approximate surface area is 153 Å². The first-order valence-electron chi connectivity index (χ1n) is 8.45. The van der Waals surface area contributed by atoms with Crippen LogP contribution in [0.3, 0.4) is 0 Å². The zero-order chi connectivity index (χ0) is 17.3. The number of nitrogens with zero attached hydrogens (tertiary/aromatic N) is 3. The maximum Gasteiger partial charge on any atom is 0.274 e. The molecule has 7 heteroatoms. The van der Waals surface area contributed by atoms with E-state index in [1.54, 1.807) is 13.1 Å². The van der Waals surface area contributed by atoms with Gasteiger partial charge in [0, 0.05) is 31.6 Å². The number of carbonyl (C=O) groups is 1. The minimum absolute atomic E-state index is 0. The highest BCUT2D eigenvalue weighted by Gasteiger charge is 2.25. The van der Waals surface area contributed by atoms with Crippen molar-refractivity contribution in [2.75, 3.05) is 13.1 Å². The topological polar surface area (TPSA) is 81.2 Å². The van der Waals surface area contributed by atoms with Gasteiger partial charge < -0.3 is 10.6 Å². The number of carbonyl (C=O) groups excluding carboxylic acids is 1. The van der Waals surface area contributed by atoms with E-state index < -0.39 is 0 Å². The molecule has 1 aromatic carbocycles. The summed E-state index contributed by atoms with van der Waals surface area (Å²) in [4.78, 5) is 26.7. The molecule has 1 atom stereocenters. The summed E-state index contributed by atoms with van der Waals surface area (Å²) < 4.78 is 1.31. The molecule has 1 aliphatic heterocycles. The number of aromatic nitrogens is 2. The standard InChI is InChI=1S/C18H24N4O2.ClH/c1-12(19)13-7-9-22(10-8-13)17(23)11-16-14-5-3-4-6-15(14)18(24)21(2)20-16;/h3-6,12-13H,7-11,19H2,1-2H3;1H. The van der Waals surface area contributed by atoms with Gasteiger partial charge in [0.15, 0.2) is 0 Å². The molecule has 2 N–H and O–H groups in total. The summed E-state index contributed by atoms with van der Waals surface area (Å²) in [6.45, 7) is 3.52. The van der Waals surface area contributed by atoms with Gasteiger partial charge in [-0.15, -0.1) is 12.4 Å². The SMILES string of the molecule is CC(N)C1CCN(C(=O)Cc2nn(C)c(=O)c3ccccc23)CC1.Cl. The van der Waals surface area contributed by atoms with Crippen LogP contribution in [0.5, 0.6) is 0 Å². The Morgan fingerprint density at radius 1 is 1.28 bits per heavy atom.